The molecule has 0 aliphatic rings. The quantitative estimate of drug-likeness (QED) is 0.363. The van der Waals surface area contributed by atoms with Gasteiger partial charge >= 0.3 is 103 Å². The number of hydrogen-bond acceptors (Lipinski definition) is 2. The summed E-state index contributed by atoms with van der Waals surface area (Å²) in [5.74, 6) is 0. The number of rotatable bonds is 1. The first-order valence-electron chi connectivity index (χ1n) is 1.96. The average molecular weight is 166 g/mol. The summed E-state index contributed by atoms with van der Waals surface area (Å²) >= 11 is 0. The Balaban J connectivity index is -0.000000125. The van der Waals surface area contributed by atoms with Gasteiger partial charge in [-0.1, -0.05) is 13.8 Å². The monoisotopic (exact) mass is 166 g/mol. The van der Waals surface area contributed by atoms with Crippen LogP contribution in [0.15, 0.2) is 0 Å². The van der Waals surface area contributed by atoms with E-state index in [1.165, 1.54) is 13.8 Å². The van der Waals surface area contributed by atoms with Crippen LogP contribution in [0.2, 0.25) is 0 Å². The summed E-state index contributed by atoms with van der Waals surface area (Å²) in [6.45, 7) is 2.75. The van der Waals surface area contributed by atoms with E-state index in [4.69, 9.17) is 0 Å². The summed E-state index contributed by atoms with van der Waals surface area (Å²) in [6.07, 6.45) is -1.91. The number of hydrogen-bond donors (Lipinski definition) is 0. The maximum absolute atomic E-state index is 9.91. The van der Waals surface area contributed by atoms with E-state index in [9.17, 15) is 10.2 Å². The zero-order valence-electron chi connectivity index (χ0n) is 5.97. The fourth-order valence-electron chi connectivity index (χ4n) is 0. The fraction of sp³-hybridized carbons (Fsp3) is 1.00. The van der Waals surface area contributed by atoms with Crippen LogP contribution in [0.3, 0.4) is 0 Å². The van der Waals surface area contributed by atoms with E-state index in [1.807, 2.05) is 0 Å². The molecule has 0 radical (unpaired) electrons. The van der Waals surface area contributed by atoms with E-state index in [0.717, 1.165) is 0 Å². The minimum absolute atomic E-state index is 0. The minimum atomic E-state index is -0.954. The maximum atomic E-state index is 9.91. The molecule has 0 aromatic heterocycles. The second kappa shape index (κ2) is 10.2. The molecule has 0 heterocycles. The second-order valence-corrected chi connectivity index (χ2v) is 1.41. The predicted molar refractivity (Wildman–Crippen MR) is 18.9 cm³/mol. The van der Waals surface area contributed by atoms with Gasteiger partial charge in [-0.2, -0.15) is 0 Å². The van der Waals surface area contributed by atoms with Crippen molar-refractivity contribution in [2.45, 2.75) is 26.1 Å². The van der Waals surface area contributed by atoms with Crippen LogP contribution in [-0.2, 0) is 0 Å². The van der Waals surface area contributed by atoms with Gasteiger partial charge in [0.15, 0.2) is 0 Å². The molecule has 0 aliphatic heterocycles. The van der Waals surface area contributed by atoms with Gasteiger partial charge in [0.25, 0.3) is 0 Å². The smallest absolute Gasteiger partial charge is 0.853 e. The fourth-order valence-corrected chi connectivity index (χ4v) is 0. The molecule has 0 rings (SSSR count). The van der Waals surface area contributed by atoms with Gasteiger partial charge in [0.2, 0.25) is 0 Å². The van der Waals surface area contributed by atoms with Gasteiger partial charge in [-0.05, 0) is 0 Å². The van der Waals surface area contributed by atoms with Gasteiger partial charge < -0.3 is 10.2 Å². The van der Waals surface area contributed by atoms with Crippen molar-refractivity contribution in [3.8, 4) is 0 Å². The predicted octanol–water partition coefficient (Wildman–Crippen LogP) is -7.51. The van der Waals surface area contributed by atoms with E-state index in [1.54, 1.807) is 0 Å². The molecular weight excluding hydrogens is 158 g/mol. The first kappa shape index (κ1) is 17.3. The van der Waals surface area contributed by atoms with E-state index in [-0.39, 0.29) is 103 Å². The standard InChI is InChI=1S/C4H8O2.2K/c1-3(5)4(2)6;;/h3-4H,1-2H3;;/q-2;2*+1. The van der Waals surface area contributed by atoms with Crippen molar-refractivity contribution in [2.75, 3.05) is 0 Å². The van der Waals surface area contributed by atoms with Gasteiger partial charge in [-0.15, -0.1) is 12.2 Å². The third-order valence-corrected chi connectivity index (χ3v) is 0.661. The molecule has 0 spiro atoms. The van der Waals surface area contributed by atoms with Gasteiger partial charge in [-0.25, -0.2) is 0 Å². The van der Waals surface area contributed by atoms with Crippen LogP contribution >= 0.6 is 0 Å². The molecule has 0 saturated carbocycles. The summed E-state index contributed by atoms with van der Waals surface area (Å²) in [7, 11) is 0. The Hall–Kier alpha value is 3.19. The summed E-state index contributed by atoms with van der Waals surface area (Å²) in [5, 5.41) is 19.8. The Bertz CT molecular complexity index is 33.0. The molecule has 2 unspecified atom stereocenters. The first-order chi connectivity index (χ1) is 2.64. The molecule has 0 fully saturated rings. The van der Waals surface area contributed by atoms with Crippen molar-refractivity contribution < 1.29 is 113 Å². The first-order valence-corrected chi connectivity index (χ1v) is 1.96. The molecule has 4 heteroatoms. The molecule has 0 bridgehead atoms. The van der Waals surface area contributed by atoms with E-state index in [2.05, 4.69) is 0 Å². The normalized spacial score (nSPS) is 15.0. The Morgan fingerprint density at radius 1 is 0.875 bits per heavy atom. The summed E-state index contributed by atoms with van der Waals surface area (Å²) < 4.78 is 0. The Morgan fingerprint density at radius 3 is 1.00 bits per heavy atom. The van der Waals surface area contributed by atoms with Crippen LogP contribution in [0, 0.1) is 0 Å². The molecular formula is C4H8K2O2. The van der Waals surface area contributed by atoms with Gasteiger partial charge in [-0.3, -0.25) is 0 Å². The van der Waals surface area contributed by atoms with Crippen molar-refractivity contribution in [1.82, 2.24) is 0 Å². The maximum Gasteiger partial charge on any atom is 1.00 e. The average Bonchev–Trinajstić information content (AvgIpc) is 1.36. The van der Waals surface area contributed by atoms with Gasteiger partial charge in [0.05, 0.1) is 0 Å². The topological polar surface area (TPSA) is 46.1 Å². The summed E-state index contributed by atoms with van der Waals surface area (Å²) in [6, 6.07) is 0. The van der Waals surface area contributed by atoms with Crippen molar-refractivity contribution in [3.05, 3.63) is 0 Å². The molecule has 2 nitrogen and oxygen atoms in total. The summed E-state index contributed by atoms with van der Waals surface area (Å²) in [4.78, 5) is 0. The molecule has 0 aromatic carbocycles. The summed E-state index contributed by atoms with van der Waals surface area (Å²) in [5.41, 5.74) is 0. The zero-order valence-corrected chi connectivity index (χ0v) is 12.2. The van der Waals surface area contributed by atoms with Gasteiger partial charge in [0.1, 0.15) is 0 Å². The third-order valence-electron chi connectivity index (χ3n) is 0.661. The van der Waals surface area contributed by atoms with Crippen LogP contribution in [0.25, 0.3) is 0 Å². The molecule has 0 N–H and O–H groups in total. The molecule has 0 aliphatic carbocycles. The SMILES string of the molecule is CC([O-])C(C)[O-].[K+].[K+]. The third kappa shape index (κ3) is 11.9. The molecule has 0 aromatic rings. The molecule has 38 valence electrons. The second-order valence-electron chi connectivity index (χ2n) is 1.41. The van der Waals surface area contributed by atoms with Crippen molar-refractivity contribution in [2.24, 2.45) is 0 Å². The van der Waals surface area contributed by atoms with Crippen LogP contribution in [0.1, 0.15) is 13.8 Å². The Morgan fingerprint density at radius 2 is 1.00 bits per heavy atom. The van der Waals surface area contributed by atoms with Crippen LogP contribution in [0.4, 0.5) is 0 Å². The van der Waals surface area contributed by atoms with Crippen molar-refractivity contribution >= 4 is 0 Å². The zero-order chi connectivity index (χ0) is 5.15. The molecule has 0 saturated heterocycles. The van der Waals surface area contributed by atoms with Crippen molar-refractivity contribution in [1.29, 1.82) is 0 Å². The molecule has 8 heavy (non-hydrogen) atoms. The van der Waals surface area contributed by atoms with Crippen molar-refractivity contribution in [3.63, 3.8) is 0 Å². The Kier molecular flexibility index (Phi) is 22.1. The van der Waals surface area contributed by atoms with Gasteiger partial charge in [0, 0.05) is 0 Å². The Labute approximate surface area is 135 Å². The minimum Gasteiger partial charge on any atom is -0.853 e. The largest absolute Gasteiger partial charge is 1.00 e. The van der Waals surface area contributed by atoms with Crippen LogP contribution < -0.4 is 113 Å². The van der Waals surface area contributed by atoms with E-state index < -0.39 is 12.2 Å². The molecule has 0 amide bonds. The van der Waals surface area contributed by atoms with E-state index in [0.29, 0.717) is 0 Å². The van der Waals surface area contributed by atoms with E-state index >= 15 is 0 Å². The van der Waals surface area contributed by atoms with Crippen LogP contribution in [-0.4, -0.2) is 12.2 Å². The molecule has 2 atom stereocenters. The van der Waals surface area contributed by atoms with Crippen LogP contribution in [0.5, 0.6) is 0 Å².